The third-order valence-electron chi connectivity index (χ3n) is 6.61. The van der Waals surface area contributed by atoms with Crippen molar-refractivity contribution in [2.24, 2.45) is 5.92 Å². The van der Waals surface area contributed by atoms with Crippen LogP contribution in [0.3, 0.4) is 0 Å². The average Bonchev–Trinajstić information content (AvgIpc) is 3.34. The Morgan fingerprint density at radius 1 is 1.15 bits per heavy atom. The van der Waals surface area contributed by atoms with Gasteiger partial charge in [0.1, 0.15) is 0 Å². The summed E-state index contributed by atoms with van der Waals surface area (Å²) in [5, 5.41) is 3.72. The number of piperidine rings is 1. The molecule has 26 heavy (non-hydrogen) atoms. The van der Waals surface area contributed by atoms with E-state index in [-0.39, 0.29) is 17.8 Å². The number of carbonyl (C=O) groups excluding carboxylic acids is 1. The summed E-state index contributed by atoms with van der Waals surface area (Å²) in [5.41, 5.74) is 2.27. The molecule has 0 spiro atoms. The van der Waals surface area contributed by atoms with Gasteiger partial charge >= 0.3 is 0 Å². The molecule has 1 aliphatic heterocycles. The van der Waals surface area contributed by atoms with Crippen LogP contribution >= 0.6 is 12.4 Å². The second-order valence-corrected chi connectivity index (χ2v) is 8.58. The third kappa shape index (κ3) is 4.09. The largest absolute Gasteiger partial charge is 0.342 e. The number of amides is 1. The SMILES string of the molecule is Cc1cccc(C2(C(=O)N3CCC(NCC4CC4)CC3)CCCC2)c1.Cl. The lowest BCUT2D eigenvalue weighted by atomic mass is 9.76. The Hall–Kier alpha value is -1.06. The second kappa shape index (κ2) is 8.31. The molecule has 1 aromatic rings. The van der Waals surface area contributed by atoms with E-state index in [2.05, 4.69) is 41.4 Å². The summed E-state index contributed by atoms with van der Waals surface area (Å²) < 4.78 is 0. The summed E-state index contributed by atoms with van der Waals surface area (Å²) in [6.07, 6.45) is 9.44. The fraction of sp³-hybridized carbons (Fsp3) is 0.682. The molecule has 3 aliphatic rings. The Bertz CT molecular complexity index is 614. The molecule has 0 radical (unpaired) electrons. The number of aryl methyl sites for hydroxylation is 1. The molecule has 0 atom stereocenters. The number of nitrogens with one attached hydrogen (secondary N) is 1. The second-order valence-electron chi connectivity index (χ2n) is 8.58. The summed E-state index contributed by atoms with van der Waals surface area (Å²) in [4.78, 5) is 15.7. The van der Waals surface area contributed by atoms with Gasteiger partial charge in [-0.1, -0.05) is 42.7 Å². The average molecular weight is 377 g/mol. The number of likely N-dealkylation sites (tertiary alicyclic amines) is 1. The quantitative estimate of drug-likeness (QED) is 0.834. The molecule has 0 unspecified atom stereocenters. The Kier molecular flexibility index (Phi) is 6.29. The first kappa shape index (κ1) is 19.7. The van der Waals surface area contributed by atoms with E-state index < -0.39 is 0 Å². The maximum atomic E-state index is 13.5. The first-order valence-corrected chi connectivity index (χ1v) is 10.3. The number of nitrogens with zero attached hydrogens (tertiary/aromatic N) is 1. The zero-order valence-corrected chi connectivity index (χ0v) is 16.8. The summed E-state index contributed by atoms with van der Waals surface area (Å²) in [7, 11) is 0. The van der Waals surface area contributed by atoms with Crippen LogP contribution in [0.1, 0.15) is 62.5 Å². The topological polar surface area (TPSA) is 32.3 Å². The first-order chi connectivity index (χ1) is 12.2. The van der Waals surface area contributed by atoms with Crippen LogP contribution in [-0.4, -0.2) is 36.5 Å². The first-order valence-electron chi connectivity index (χ1n) is 10.3. The number of benzene rings is 1. The molecule has 1 saturated heterocycles. The number of halogens is 1. The van der Waals surface area contributed by atoms with Gasteiger partial charge in [0.15, 0.2) is 0 Å². The molecule has 1 aromatic carbocycles. The van der Waals surface area contributed by atoms with Crippen molar-refractivity contribution in [1.29, 1.82) is 0 Å². The number of hydrogen-bond acceptors (Lipinski definition) is 2. The van der Waals surface area contributed by atoms with Gasteiger partial charge < -0.3 is 10.2 Å². The van der Waals surface area contributed by atoms with E-state index in [9.17, 15) is 4.79 Å². The lowest BCUT2D eigenvalue weighted by Crippen LogP contribution is -2.51. The maximum Gasteiger partial charge on any atom is 0.233 e. The lowest BCUT2D eigenvalue weighted by molar-refractivity contribution is -0.138. The summed E-state index contributed by atoms with van der Waals surface area (Å²) >= 11 is 0. The molecule has 0 aromatic heterocycles. The van der Waals surface area contributed by atoms with E-state index in [1.54, 1.807) is 0 Å². The molecule has 4 heteroatoms. The highest BCUT2D eigenvalue weighted by Gasteiger charge is 2.45. The van der Waals surface area contributed by atoms with Crippen molar-refractivity contribution in [3.8, 4) is 0 Å². The van der Waals surface area contributed by atoms with Crippen LogP contribution in [0.2, 0.25) is 0 Å². The van der Waals surface area contributed by atoms with Crippen LogP contribution in [0, 0.1) is 12.8 Å². The fourth-order valence-electron chi connectivity index (χ4n) is 4.79. The Balaban J connectivity index is 0.00000196. The highest BCUT2D eigenvalue weighted by Crippen LogP contribution is 2.43. The molecule has 2 saturated carbocycles. The van der Waals surface area contributed by atoms with Gasteiger partial charge in [-0.25, -0.2) is 0 Å². The number of carbonyl (C=O) groups is 1. The minimum atomic E-state index is -0.250. The standard InChI is InChI=1S/C22H32N2O.ClH/c1-17-5-4-6-19(15-17)22(11-2-3-12-22)21(25)24-13-9-20(10-14-24)23-16-18-7-8-18;/h4-6,15,18,20,23H,2-3,7-14,16H2,1H3;1H. The van der Waals surface area contributed by atoms with Gasteiger partial charge in [-0.3, -0.25) is 4.79 Å². The smallest absolute Gasteiger partial charge is 0.233 e. The third-order valence-corrected chi connectivity index (χ3v) is 6.61. The van der Waals surface area contributed by atoms with Crippen LogP contribution in [0.5, 0.6) is 0 Å². The van der Waals surface area contributed by atoms with Gasteiger partial charge in [-0.15, -0.1) is 12.4 Å². The van der Waals surface area contributed by atoms with Crippen molar-refractivity contribution >= 4 is 18.3 Å². The minimum Gasteiger partial charge on any atom is -0.342 e. The molecule has 1 amide bonds. The van der Waals surface area contributed by atoms with Crippen molar-refractivity contribution in [2.75, 3.05) is 19.6 Å². The van der Waals surface area contributed by atoms with Crippen LogP contribution < -0.4 is 5.32 Å². The molecule has 1 heterocycles. The number of rotatable bonds is 5. The Morgan fingerprint density at radius 2 is 1.85 bits per heavy atom. The summed E-state index contributed by atoms with van der Waals surface area (Å²) in [5.74, 6) is 1.33. The van der Waals surface area contributed by atoms with E-state index in [1.165, 1.54) is 43.4 Å². The minimum absolute atomic E-state index is 0. The van der Waals surface area contributed by atoms with Crippen molar-refractivity contribution in [3.05, 3.63) is 35.4 Å². The molecular formula is C22H33ClN2O. The zero-order valence-electron chi connectivity index (χ0n) is 16.0. The molecule has 2 aliphatic carbocycles. The van der Waals surface area contributed by atoms with E-state index in [0.717, 1.165) is 44.7 Å². The maximum absolute atomic E-state index is 13.5. The van der Waals surface area contributed by atoms with Crippen LogP contribution in [0.25, 0.3) is 0 Å². The van der Waals surface area contributed by atoms with Crippen molar-refractivity contribution < 1.29 is 4.79 Å². The van der Waals surface area contributed by atoms with Crippen LogP contribution in [-0.2, 0) is 10.2 Å². The van der Waals surface area contributed by atoms with Gasteiger partial charge in [0, 0.05) is 19.1 Å². The molecule has 0 bridgehead atoms. The highest BCUT2D eigenvalue weighted by atomic mass is 35.5. The number of hydrogen-bond donors (Lipinski definition) is 1. The van der Waals surface area contributed by atoms with Gasteiger partial charge in [0.2, 0.25) is 5.91 Å². The van der Waals surface area contributed by atoms with Crippen LogP contribution in [0.15, 0.2) is 24.3 Å². The van der Waals surface area contributed by atoms with E-state index in [0.29, 0.717) is 11.9 Å². The molecular weight excluding hydrogens is 344 g/mol. The van der Waals surface area contributed by atoms with Crippen molar-refractivity contribution in [3.63, 3.8) is 0 Å². The fourth-order valence-corrected chi connectivity index (χ4v) is 4.79. The summed E-state index contributed by atoms with van der Waals surface area (Å²) in [6, 6.07) is 9.29. The van der Waals surface area contributed by atoms with E-state index in [4.69, 9.17) is 0 Å². The molecule has 3 fully saturated rings. The van der Waals surface area contributed by atoms with Crippen molar-refractivity contribution in [1.82, 2.24) is 10.2 Å². The Morgan fingerprint density at radius 3 is 2.46 bits per heavy atom. The zero-order chi connectivity index (χ0) is 17.3. The Labute approximate surface area is 164 Å². The molecule has 4 rings (SSSR count). The molecule has 144 valence electrons. The van der Waals surface area contributed by atoms with Gasteiger partial charge in [-0.2, -0.15) is 0 Å². The monoisotopic (exact) mass is 376 g/mol. The molecule has 3 nitrogen and oxygen atoms in total. The highest BCUT2D eigenvalue weighted by molar-refractivity contribution is 5.88. The van der Waals surface area contributed by atoms with Crippen LogP contribution in [0.4, 0.5) is 0 Å². The summed E-state index contributed by atoms with van der Waals surface area (Å²) in [6.45, 7) is 5.17. The van der Waals surface area contributed by atoms with Crippen molar-refractivity contribution in [2.45, 2.75) is 69.7 Å². The van der Waals surface area contributed by atoms with Gasteiger partial charge in [-0.05, 0) is 63.5 Å². The van der Waals surface area contributed by atoms with Gasteiger partial charge in [0.05, 0.1) is 5.41 Å². The lowest BCUT2D eigenvalue weighted by Gasteiger charge is -2.39. The molecule has 1 N–H and O–H groups in total. The van der Waals surface area contributed by atoms with Gasteiger partial charge in [0.25, 0.3) is 0 Å². The predicted molar refractivity (Wildman–Crippen MR) is 109 cm³/mol. The normalized spacial score (nSPS) is 22.9. The van der Waals surface area contributed by atoms with E-state index in [1.807, 2.05) is 0 Å². The predicted octanol–water partition coefficient (Wildman–Crippen LogP) is 4.22. The van der Waals surface area contributed by atoms with E-state index >= 15 is 0 Å².